The minimum atomic E-state index is 0.307. The molecule has 0 amide bonds. The zero-order valence-electron chi connectivity index (χ0n) is 31.3. The van der Waals surface area contributed by atoms with Gasteiger partial charge < -0.3 is 8.80 Å². The third kappa shape index (κ3) is 6.63. The van der Waals surface area contributed by atoms with Gasteiger partial charge in [-0.25, -0.2) is 9.51 Å². The molecule has 0 radical (unpaired) electrons. The Morgan fingerprint density at radius 3 is 2.02 bits per heavy atom. The molecule has 13 nitrogen and oxygen atoms in total. The van der Waals surface area contributed by atoms with Crippen molar-refractivity contribution in [3.8, 4) is 22.8 Å². The SMILES string of the molecule is CC1=Nn2c(nnc2-c2cccc(C)c2)C1=Nc1c(C)cc2ccccn12.Cc1cc2ccccn2c1.Cc1cccc(-c2nnc3c(N=O)c(C)[nH]n23)c1. The minimum Gasteiger partial charge on any atom is -0.324 e. The third-order valence-corrected chi connectivity index (χ3v) is 9.29. The number of hydrogen-bond acceptors (Lipinski definition) is 8. The number of rotatable bonds is 4. The Balaban J connectivity index is 0.000000130. The number of nitroso groups, excluding NO2 is 1. The summed E-state index contributed by atoms with van der Waals surface area (Å²) in [5.74, 6) is 2.97. The number of H-pyrrole nitrogens is 1. The molecule has 10 rings (SSSR count). The highest BCUT2D eigenvalue weighted by molar-refractivity contribution is 6.48. The van der Waals surface area contributed by atoms with E-state index in [0.717, 1.165) is 50.8 Å². The second-order valence-corrected chi connectivity index (χ2v) is 13.6. The number of aliphatic imine (C=N–C) groups is 1. The number of nitrogens with one attached hydrogen (secondary N) is 1. The maximum atomic E-state index is 10.8. The molecule has 272 valence electrons. The lowest BCUT2D eigenvalue weighted by atomic mass is 10.1. The second kappa shape index (κ2) is 14.3. The van der Waals surface area contributed by atoms with Crippen molar-refractivity contribution in [1.29, 1.82) is 0 Å². The topological polar surface area (TPSA) is 140 Å². The van der Waals surface area contributed by atoms with Gasteiger partial charge in [0.1, 0.15) is 11.5 Å². The third-order valence-electron chi connectivity index (χ3n) is 9.29. The van der Waals surface area contributed by atoms with Crippen molar-refractivity contribution in [3.05, 3.63) is 154 Å². The summed E-state index contributed by atoms with van der Waals surface area (Å²) >= 11 is 0. The fourth-order valence-electron chi connectivity index (χ4n) is 6.68. The Labute approximate surface area is 316 Å². The van der Waals surface area contributed by atoms with Gasteiger partial charge in [0.2, 0.25) is 11.5 Å². The number of aromatic nitrogens is 9. The fraction of sp³-hybridized carbons (Fsp3) is 0.143. The number of nitrogens with zero attached hydrogens (tertiary/aromatic N) is 11. The number of benzene rings is 2. The average molecular weight is 727 g/mol. The van der Waals surface area contributed by atoms with Crippen LogP contribution in [0.2, 0.25) is 0 Å². The van der Waals surface area contributed by atoms with Gasteiger partial charge in [-0.05, 0) is 106 Å². The number of hydrogen-bond donors (Lipinski definition) is 1. The highest BCUT2D eigenvalue weighted by atomic mass is 16.3. The number of aryl methyl sites for hydroxylation is 5. The molecule has 7 aromatic heterocycles. The summed E-state index contributed by atoms with van der Waals surface area (Å²) in [6.07, 6.45) is 6.20. The van der Waals surface area contributed by atoms with Gasteiger partial charge in [0.05, 0.1) is 11.4 Å². The van der Waals surface area contributed by atoms with Crippen molar-refractivity contribution in [2.24, 2.45) is 15.3 Å². The van der Waals surface area contributed by atoms with Crippen LogP contribution in [-0.4, -0.2) is 54.9 Å². The predicted molar refractivity (Wildman–Crippen MR) is 217 cm³/mol. The van der Waals surface area contributed by atoms with Crippen LogP contribution in [-0.2, 0) is 0 Å². The molecule has 0 unspecified atom stereocenters. The van der Waals surface area contributed by atoms with E-state index >= 15 is 0 Å². The normalized spacial score (nSPS) is 12.8. The molecule has 1 N–H and O–H groups in total. The van der Waals surface area contributed by atoms with E-state index in [-0.39, 0.29) is 0 Å². The van der Waals surface area contributed by atoms with Gasteiger partial charge in [-0.3, -0.25) is 5.10 Å². The van der Waals surface area contributed by atoms with E-state index in [1.165, 1.54) is 16.6 Å². The number of aromatic amines is 1. The van der Waals surface area contributed by atoms with Crippen LogP contribution in [0.25, 0.3) is 39.5 Å². The average Bonchev–Trinajstić information content (AvgIpc) is 4.02. The molecule has 1 aliphatic rings. The lowest BCUT2D eigenvalue weighted by Gasteiger charge is -2.01. The number of fused-ring (bicyclic) bond motifs is 4. The molecule has 9 aromatic rings. The summed E-state index contributed by atoms with van der Waals surface area (Å²) in [5, 5.41) is 27.5. The Hall–Kier alpha value is -7.28. The van der Waals surface area contributed by atoms with Crippen molar-refractivity contribution in [2.45, 2.75) is 41.5 Å². The number of pyridine rings is 2. The molecule has 0 fully saturated rings. The van der Waals surface area contributed by atoms with Gasteiger partial charge in [-0.2, -0.15) is 9.78 Å². The van der Waals surface area contributed by atoms with Crippen molar-refractivity contribution in [2.75, 3.05) is 0 Å². The van der Waals surface area contributed by atoms with Crippen LogP contribution in [0.4, 0.5) is 11.5 Å². The van der Waals surface area contributed by atoms with Crippen LogP contribution in [0.15, 0.2) is 131 Å². The van der Waals surface area contributed by atoms with E-state index < -0.39 is 0 Å². The Morgan fingerprint density at radius 1 is 0.636 bits per heavy atom. The smallest absolute Gasteiger partial charge is 0.207 e. The van der Waals surface area contributed by atoms with Gasteiger partial charge in [0.15, 0.2) is 17.3 Å². The molecule has 0 saturated carbocycles. The van der Waals surface area contributed by atoms with Crippen molar-refractivity contribution < 1.29 is 0 Å². The minimum absolute atomic E-state index is 0.307. The van der Waals surface area contributed by atoms with E-state index in [0.29, 0.717) is 28.7 Å². The van der Waals surface area contributed by atoms with Crippen LogP contribution < -0.4 is 0 Å². The summed E-state index contributed by atoms with van der Waals surface area (Å²) in [4.78, 5) is 15.7. The fourth-order valence-corrected chi connectivity index (χ4v) is 6.68. The second-order valence-electron chi connectivity index (χ2n) is 13.6. The summed E-state index contributed by atoms with van der Waals surface area (Å²) in [7, 11) is 0. The lowest BCUT2D eigenvalue weighted by Crippen LogP contribution is -2.09. The summed E-state index contributed by atoms with van der Waals surface area (Å²) in [6, 6.07) is 32.7. The molecule has 0 bridgehead atoms. The monoisotopic (exact) mass is 726 g/mol. The molecule has 55 heavy (non-hydrogen) atoms. The van der Waals surface area contributed by atoms with Crippen LogP contribution in [0.3, 0.4) is 0 Å². The van der Waals surface area contributed by atoms with Crippen molar-refractivity contribution >= 4 is 39.6 Å². The first-order valence-electron chi connectivity index (χ1n) is 17.8. The van der Waals surface area contributed by atoms with Crippen molar-refractivity contribution in [3.63, 3.8) is 0 Å². The lowest BCUT2D eigenvalue weighted by molar-refractivity contribution is 0.890. The van der Waals surface area contributed by atoms with Gasteiger partial charge in [-0.1, -0.05) is 59.7 Å². The molecule has 0 atom stereocenters. The zero-order valence-corrected chi connectivity index (χ0v) is 31.3. The molecule has 1 aliphatic heterocycles. The molecule has 0 saturated heterocycles. The van der Waals surface area contributed by atoms with Crippen LogP contribution in [0.5, 0.6) is 0 Å². The summed E-state index contributed by atoms with van der Waals surface area (Å²) in [6.45, 7) is 12.0. The largest absolute Gasteiger partial charge is 0.324 e. The van der Waals surface area contributed by atoms with E-state index in [1.54, 1.807) is 16.1 Å². The van der Waals surface area contributed by atoms with Crippen LogP contribution >= 0.6 is 0 Å². The molecule has 8 heterocycles. The van der Waals surface area contributed by atoms with Crippen LogP contribution in [0, 0.1) is 39.5 Å². The first-order valence-corrected chi connectivity index (χ1v) is 17.8. The van der Waals surface area contributed by atoms with E-state index in [9.17, 15) is 4.91 Å². The van der Waals surface area contributed by atoms with E-state index in [1.807, 2.05) is 74.6 Å². The highest BCUT2D eigenvalue weighted by Gasteiger charge is 2.27. The molecular weight excluding hydrogens is 689 g/mol. The van der Waals surface area contributed by atoms with Gasteiger partial charge in [-0.15, -0.1) is 25.3 Å². The molecular formula is C42H38N12O. The predicted octanol–water partition coefficient (Wildman–Crippen LogP) is 9.16. The van der Waals surface area contributed by atoms with Gasteiger partial charge >= 0.3 is 0 Å². The summed E-state index contributed by atoms with van der Waals surface area (Å²) in [5.41, 5.74) is 12.1. The molecule has 13 heteroatoms. The van der Waals surface area contributed by atoms with Crippen LogP contribution in [0.1, 0.15) is 40.7 Å². The maximum Gasteiger partial charge on any atom is 0.207 e. The van der Waals surface area contributed by atoms with E-state index in [4.69, 9.17) is 4.99 Å². The Bertz CT molecular complexity index is 2900. The first-order chi connectivity index (χ1) is 26.7. The first kappa shape index (κ1) is 34.8. The summed E-state index contributed by atoms with van der Waals surface area (Å²) < 4.78 is 7.67. The maximum absolute atomic E-state index is 10.8. The van der Waals surface area contributed by atoms with Gasteiger partial charge in [0, 0.05) is 40.8 Å². The van der Waals surface area contributed by atoms with E-state index in [2.05, 4.69) is 120 Å². The molecule has 0 spiro atoms. The Kier molecular flexibility index (Phi) is 9.03. The quantitative estimate of drug-likeness (QED) is 0.180. The molecule has 2 aromatic carbocycles. The van der Waals surface area contributed by atoms with Gasteiger partial charge in [0.25, 0.3) is 0 Å². The van der Waals surface area contributed by atoms with Crippen molar-refractivity contribution in [1.82, 2.24) is 43.5 Å². The zero-order chi connectivity index (χ0) is 38.2. The Morgan fingerprint density at radius 2 is 1.31 bits per heavy atom. The standard InChI is InChI=1S/C21H18N6.C12H11N5O.C9H9N/c1-13-7-6-8-16(11-13)20-23-24-21-18(15(3)25-27(20)21)22-19-14(2)12-17-9-4-5-10-26(17)19;1-7-4-3-5-9(6-7)11-13-14-12-10(16-18)8(2)15-17(11)12;1-8-6-9-4-2-3-5-10(9)7-8/h4-12H,1-3H3;3-6,15H,1-2H3;2-7H,1H3. The highest BCUT2D eigenvalue weighted by Crippen LogP contribution is 2.29. The molecule has 0 aliphatic carbocycles.